The molecule has 2 aliphatic heterocycles. The van der Waals surface area contributed by atoms with Gasteiger partial charge >= 0.3 is 0 Å². The summed E-state index contributed by atoms with van der Waals surface area (Å²) in [6.45, 7) is 2.83. The van der Waals surface area contributed by atoms with Gasteiger partial charge in [-0.05, 0) is 31.0 Å². The van der Waals surface area contributed by atoms with Crippen LogP contribution in [0.5, 0.6) is 0 Å². The Hall–Kier alpha value is -1.35. The lowest BCUT2D eigenvalue weighted by molar-refractivity contribution is 0.0674. The van der Waals surface area contributed by atoms with Crippen LogP contribution in [-0.4, -0.2) is 29.9 Å². The monoisotopic (exact) mass is 216 g/mol. The van der Waals surface area contributed by atoms with Crippen LogP contribution in [0.3, 0.4) is 0 Å². The van der Waals surface area contributed by atoms with Gasteiger partial charge in [-0.1, -0.05) is 18.2 Å². The SMILES string of the molecule is O=C1c2ccccc2CN1[C@@H]1CCCNC1. The van der Waals surface area contributed by atoms with Crippen molar-refractivity contribution < 1.29 is 4.79 Å². The summed E-state index contributed by atoms with van der Waals surface area (Å²) in [5.41, 5.74) is 2.08. The number of hydrogen-bond acceptors (Lipinski definition) is 2. The van der Waals surface area contributed by atoms with Crippen LogP contribution >= 0.6 is 0 Å². The molecule has 84 valence electrons. The molecule has 1 atom stereocenters. The molecule has 3 rings (SSSR count). The molecular weight excluding hydrogens is 200 g/mol. The van der Waals surface area contributed by atoms with E-state index in [2.05, 4.69) is 11.4 Å². The lowest BCUT2D eigenvalue weighted by Crippen LogP contribution is -2.46. The first-order valence-electron chi connectivity index (χ1n) is 5.96. The predicted octanol–water partition coefficient (Wildman–Crippen LogP) is 1.39. The second-order valence-corrected chi connectivity index (χ2v) is 4.59. The van der Waals surface area contributed by atoms with E-state index in [1.807, 2.05) is 23.1 Å². The number of carbonyl (C=O) groups is 1. The number of hydrogen-bond donors (Lipinski definition) is 1. The first kappa shape index (κ1) is 9.85. The number of carbonyl (C=O) groups excluding carboxylic acids is 1. The van der Waals surface area contributed by atoms with Gasteiger partial charge in [0.25, 0.3) is 5.91 Å². The zero-order valence-corrected chi connectivity index (χ0v) is 9.28. The first-order valence-corrected chi connectivity index (χ1v) is 5.96. The number of fused-ring (bicyclic) bond motifs is 1. The Balaban J connectivity index is 1.83. The Labute approximate surface area is 95.4 Å². The maximum atomic E-state index is 12.2. The fraction of sp³-hybridized carbons (Fsp3) is 0.462. The van der Waals surface area contributed by atoms with Crippen LogP contribution in [-0.2, 0) is 6.54 Å². The molecule has 0 unspecified atom stereocenters. The third-order valence-electron chi connectivity index (χ3n) is 3.56. The van der Waals surface area contributed by atoms with Crippen molar-refractivity contribution in [2.75, 3.05) is 13.1 Å². The summed E-state index contributed by atoms with van der Waals surface area (Å²) in [5, 5.41) is 3.37. The summed E-state index contributed by atoms with van der Waals surface area (Å²) in [6, 6.07) is 8.33. The van der Waals surface area contributed by atoms with E-state index >= 15 is 0 Å². The van der Waals surface area contributed by atoms with Crippen LogP contribution < -0.4 is 5.32 Å². The molecule has 0 aromatic heterocycles. The molecule has 1 amide bonds. The molecular formula is C13H16N2O. The molecule has 16 heavy (non-hydrogen) atoms. The molecule has 1 aromatic rings. The van der Waals surface area contributed by atoms with Gasteiger partial charge in [0.15, 0.2) is 0 Å². The molecule has 1 N–H and O–H groups in total. The minimum Gasteiger partial charge on any atom is -0.330 e. The molecule has 1 aromatic carbocycles. The first-order chi connectivity index (χ1) is 7.86. The number of rotatable bonds is 1. The molecule has 1 fully saturated rings. The number of nitrogens with zero attached hydrogens (tertiary/aromatic N) is 1. The molecule has 0 radical (unpaired) electrons. The van der Waals surface area contributed by atoms with Crippen LogP contribution in [0.1, 0.15) is 28.8 Å². The minimum absolute atomic E-state index is 0.212. The van der Waals surface area contributed by atoms with Crippen LogP contribution in [0, 0.1) is 0 Å². The Morgan fingerprint density at radius 1 is 1.31 bits per heavy atom. The molecule has 0 bridgehead atoms. The largest absolute Gasteiger partial charge is 0.330 e. The van der Waals surface area contributed by atoms with E-state index in [9.17, 15) is 4.79 Å². The third-order valence-corrected chi connectivity index (χ3v) is 3.56. The number of nitrogens with one attached hydrogen (secondary N) is 1. The van der Waals surface area contributed by atoms with E-state index in [0.29, 0.717) is 6.04 Å². The topological polar surface area (TPSA) is 32.3 Å². The van der Waals surface area contributed by atoms with Crippen molar-refractivity contribution in [2.45, 2.75) is 25.4 Å². The van der Waals surface area contributed by atoms with Gasteiger partial charge < -0.3 is 10.2 Å². The summed E-state index contributed by atoms with van der Waals surface area (Å²) in [4.78, 5) is 14.2. The van der Waals surface area contributed by atoms with Gasteiger partial charge in [-0.25, -0.2) is 0 Å². The molecule has 0 saturated carbocycles. The van der Waals surface area contributed by atoms with Crippen molar-refractivity contribution in [3.8, 4) is 0 Å². The van der Waals surface area contributed by atoms with E-state index in [1.165, 1.54) is 12.0 Å². The van der Waals surface area contributed by atoms with Gasteiger partial charge in [-0.2, -0.15) is 0 Å². The Bertz CT molecular complexity index is 410. The van der Waals surface area contributed by atoms with Crippen molar-refractivity contribution in [3.05, 3.63) is 35.4 Å². The van der Waals surface area contributed by atoms with Crippen molar-refractivity contribution in [1.82, 2.24) is 10.2 Å². The van der Waals surface area contributed by atoms with Crippen LogP contribution in [0.15, 0.2) is 24.3 Å². The Morgan fingerprint density at radius 2 is 2.19 bits per heavy atom. The van der Waals surface area contributed by atoms with Crippen molar-refractivity contribution in [3.63, 3.8) is 0 Å². The average molecular weight is 216 g/mol. The summed E-state index contributed by atoms with van der Waals surface area (Å²) in [5.74, 6) is 0.212. The molecule has 1 saturated heterocycles. The summed E-state index contributed by atoms with van der Waals surface area (Å²) in [7, 11) is 0. The average Bonchev–Trinajstić information content (AvgIpc) is 2.69. The fourth-order valence-electron chi connectivity index (χ4n) is 2.67. The maximum Gasteiger partial charge on any atom is 0.254 e. The Kier molecular flexibility index (Phi) is 2.40. The third kappa shape index (κ3) is 1.52. The van der Waals surface area contributed by atoms with Crippen molar-refractivity contribution in [2.24, 2.45) is 0 Å². The molecule has 2 aliphatic rings. The summed E-state index contributed by atoms with van der Waals surface area (Å²) >= 11 is 0. The zero-order chi connectivity index (χ0) is 11.0. The van der Waals surface area contributed by atoms with Gasteiger partial charge in [0.1, 0.15) is 0 Å². The molecule has 0 aliphatic carbocycles. The quantitative estimate of drug-likeness (QED) is 0.769. The molecule has 0 spiro atoms. The zero-order valence-electron chi connectivity index (χ0n) is 9.28. The fourth-order valence-corrected chi connectivity index (χ4v) is 2.67. The maximum absolute atomic E-state index is 12.2. The van der Waals surface area contributed by atoms with Crippen LogP contribution in [0.25, 0.3) is 0 Å². The second kappa shape index (κ2) is 3.91. The summed E-state index contributed by atoms with van der Waals surface area (Å²) in [6.07, 6.45) is 2.30. The van der Waals surface area contributed by atoms with E-state index in [4.69, 9.17) is 0 Å². The highest BCUT2D eigenvalue weighted by Gasteiger charge is 2.32. The van der Waals surface area contributed by atoms with E-state index in [0.717, 1.165) is 31.6 Å². The predicted molar refractivity (Wildman–Crippen MR) is 62.2 cm³/mol. The molecule has 2 heterocycles. The highest BCUT2D eigenvalue weighted by molar-refractivity contribution is 5.98. The smallest absolute Gasteiger partial charge is 0.254 e. The standard InChI is InChI=1S/C13H16N2O/c16-13-12-6-2-1-4-10(12)9-15(13)11-5-3-7-14-8-11/h1-2,4,6,11,14H,3,5,7-9H2/t11-/m1/s1. The van der Waals surface area contributed by atoms with Gasteiger partial charge in [-0.15, -0.1) is 0 Å². The molecule has 3 nitrogen and oxygen atoms in total. The molecule has 3 heteroatoms. The second-order valence-electron chi connectivity index (χ2n) is 4.59. The van der Waals surface area contributed by atoms with Gasteiger partial charge in [0, 0.05) is 24.7 Å². The van der Waals surface area contributed by atoms with Crippen molar-refractivity contribution >= 4 is 5.91 Å². The van der Waals surface area contributed by atoms with E-state index in [1.54, 1.807) is 0 Å². The minimum atomic E-state index is 0.212. The van der Waals surface area contributed by atoms with Gasteiger partial charge in [-0.3, -0.25) is 4.79 Å². The van der Waals surface area contributed by atoms with Gasteiger partial charge in [0.2, 0.25) is 0 Å². The van der Waals surface area contributed by atoms with Crippen LogP contribution in [0.4, 0.5) is 0 Å². The normalized spacial score (nSPS) is 24.6. The summed E-state index contributed by atoms with van der Waals surface area (Å²) < 4.78 is 0. The Morgan fingerprint density at radius 3 is 2.94 bits per heavy atom. The lowest BCUT2D eigenvalue weighted by atomic mass is 10.1. The number of piperidine rings is 1. The highest BCUT2D eigenvalue weighted by Crippen LogP contribution is 2.26. The number of benzene rings is 1. The van der Waals surface area contributed by atoms with Gasteiger partial charge in [0.05, 0.1) is 0 Å². The van der Waals surface area contributed by atoms with E-state index < -0.39 is 0 Å². The lowest BCUT2D eigenvalue weighted by Gasteiger charge is -2.31. The van der Waals surface area contributed by atoms with E-state index in [-0.39, 0.29) is 5.91 Å². The van der Waals surface area contributed by atoms with Crippen LogP contribution in [0.2, 0.25) is 0 Å². The van der Waals surface area contributed by atoms with Crippen molar-refractivity contribution in [1.29, 1.82) is 0 Å². The number of amides is 1. The highest BCUT2D eigenvalue weighted by atomic mass is 16.2.